The standard InChI is InChI=1S/C9H9ClF3N.ClH/c10-7-3-5(11)1-2-6(7)8(14)4-9(12)13;/h1-3,8-9H,4,14H2;1H/t8-;/m1./s1. The number of rotatable bonds is 3. The van der Waals surface area contributed by atoms with Crippen molar-refractivity contribution < 1.29 is 13.2 Å². The van der Waals surface area contributed by atoms with Crippen LogP contribution >= 0.6 is 24.0 Å². The van der Waals surface area contributed by atoms with E-state index in [1.165, 1.54) is 6.07 Å². The van der Waals surface area contributed by atoms with Gasteiger partial charge in [0, 0.05) is 17.5 Å². The van der Waals surface area contributed by atoms with Crippen LogP contribution in [0.5, 0.6) is 0 Å². The van der Waals surface area contributed by atoms with Crippen molar-refractivity contribution in [3.05, 3.63) is 34.6 Å². The molecule has 0 aliphatic rings. The Morgan fingerprint density at radius 3 is 2.40 bits per heavy atom. The summed E-state index contributed by atoms with van der Waals surface area (Å²) in [6.07, 6.45) is -2.98. The summed E-state index contributed by atoms with van der Waals surface area (Å²) < 4.78 is 36.6. The lowest BCUT2D eigenvalue weighted by atomic mass is 10.1. The van der Waals surface area contributed by atoms with Gasteiger partial charge in [-0.15, -0.1) is 12.4 Å². The molecule has 0 fully saturated rings. The molecule has 6 heteroatoms. The highest BCUT2D eigenvalue weighted by Gasteiger charge is 2.15. The summed E-state index contributed by atoms with van der Waals surface area (Å²) >= 11 is 5.64. The summed E-state index contributed by atoms with van der Waals surface area (Å²) in [7, 11) is 0. The molecule has 15 heavy (non-hydrogen) atoms. The molecule has 0 unspecified atom stereocenters. The Kier molecular flexibility index (Phi) is 6.02. The van der Waals surface area contributed by atoms with Gasteiger partial charge in [0.2, 0.25) is 6.43 Å². The first-order valence-corrected chi connectivity index (χ1v) is 4.37. The van der Waals surface area contributed by atoms with Gasteiger partial charge in [0.1, 0.15) is 5.82 Å². The van der Waals surface area contributed by atoms with Crippen molar-refractivity contribution >= 4 is 24.0 Å². The molecular formula is C9H10Cl2F3N. The molecule has 2 N–H and O–H groups in total. The molecule has 86 valence electrons. The van der Waals surface area contributed by atoms with Gasteiger partial charge in [-0.1, -0.05) is 17.7 Å². The van der Waals surface area contributed by atoms with Crippen LogP contribution in [0.4, 0.5) is 13.2 Å². The van der Waals surface area contributed by atoms with Gasteiger partial charge in [0.05, 0.1) is 0 Å². The average molecular weight is 260 g/mol. The SMILES string of the molecule is Cl.N[C@H](CC(F)F)c1ccc(F)cc1Cl. The van der Waals surface area contributed by atoms with E-state index in [0.29, 0.717) is 5.56 Å². The molecule has 1 aromatic rings. The van der Waals surface area contributed by atoms with Crippen LogP contribution in [-0.2, 0) is 0 Å². The molecule has 1 nitrogen and oxygen atoms in total. The second-order valence-corrected chi connectivity index (χ2v) is 3.31. The Morgan fingerprint density at radius 1 is 1.33 bits per heavy atom. The maximum atomic E-state index is 12.6. The maximum absolute atomic E-state index is 12.6. The summed E-state index contributed by atoms with van der Waals surface area (Å²) in [6.45, 7) is 0. The number of benzene rings is 1. The van der Waals surface area contributed by atoms with Crippen LogP contribution in [0.25, 0.3) is 0 Å². The van der Waals surface area contributed by atoms with Crippen molar-refractivity contribution in [1.82, 2.24) is 0 Å². The summed E-state index contributed by atoms with van der Waals surface area (Å²) in [5, 5.41) is 0.0816. The molecule has 0 aromatic heterocycles. The third-order valence-electron chi connectivity index (χ3n) is 1.79. The largest absolute Gasteiger partial charge is 0.324 e. The van der Waals surface area contributed by atoms with E-state index in [1.54, 1.807) is 0 Å². The predicted octanol–water partition coefficient (Wildman–Crippen LogP) is 3.56. The van der Waals surface area contributed by atoms with Crippen molar-refractivity contribution in [2.75, 3.05) is 0 Å². The van der Waals surface area contributed by atoms with E-state index in [0.717, 1.165) is 12.1 Å². The molecule has 1 rings (SSSR count). The smallest absolute Gasteiger partial charge is 0.240 e. The second-order valence-electron chi connectivity index (χ2n) is 2.90. The van der Waals surface area contributed by atoms with Crippen molar-refractivity contribution in [3.63, 3.8) is 0 Å². The fourth-order valence-corrected chi connectivity index (χ4v) is 1.43. The lowest BCUT2D eigenvalue weighted by Crippen LogP contribution is -2.14. The molecule has 0 amide bonds. The van der Waals surface area contributed by atoms with E-state index < -0.39 is 24.7 Å². The van der Waals surface area contributed by atoms with E-state index >= 15 is 0 Å². The van der Waals surface area contributed by atoms with E-state index in [1.807, 2.05) is 0 Å². The van der Waals surface area contributed by atoms with Crippen LogP contribution < -0.4 is 5.73 Å². The van der Waals surface area contributed by atoms with Gasteiger partial charge in [-0.25, -0.2) is 13.2 Å². The van der Waals surface area contributed by atoms with Gasteiger partial charge < -0.3 is 5.73 Å². The lowest BCUT2D eigenvalue weighted by Gasteiger charge is -2.12. The molecule has 0 bridgehead atoms. The number of alkyl halides is 2. The van der Waals surface area contributed by atoms with Gasteiger partial charge in [-0.05, 0) is 17.7 Å². The zero-order valence-electron chi connectivity index (χ0n) is 7.59. The van der Waals surface area contributed by atoms with E-state index in [9.17, 15) is 13.2 Å². The molecule has 0 radical (unpaired) electrons. The van der Waals surface area contributed by atoms with Gasteiger partial charge >= 0.3 is 0 Å². The highest BCUT2D eigenvalue weighted by Crippen LogP contribution is 2.26. The highest BCUT2D eigenvalue weighted by atomic mass is 35.5. The molecule has 0 aliphatic carbocycles. The van der Waals surface area contributed by atoms with Crippen molar-refractivity contribution in [2.24, 2.45) is 5.73 Å². The Hall–Kier alpha value is -0.450. The van der Waals surface area contributed by atoms with E-state index in [4.69, 9.17) is 17.3 Å². The van der Waals surface area contributed by atoms with Crippen LogP contribution in [-0.4, -0.2) is 6.43 Å². The maximum Gasteiger partial charge on any atom is 0.240 e. The summed E-state index contributed by atoms with van der Waals surface area (Å²) in [5.74, 6) is -0.511. The highest BCUT2D eigenvalue weighted by molar-refractivity contribution is 6.31. The van der Waals surface area contributed by atoms with Crippen LogP contribution in [0.3, 0.4) is 0 Å². The lowest BCUT2D eigenvalue weighted by molar-refractivity contribution is 0.128. The Bertz CT molecular complexity index is 320. The van der Waals surface area contributed by atoms with E-state index in [-0.39, 0.29) is 17.4 Å². The molecule has 0 saturated carbocycles. The summed E-state index contributed by atoms with van der Waals surface area (Å²) in [4.78, 5) is 0. The average Bonchev–Trinajstić information content (AvgIpc) is 2.01. The molecule has 1 atom stereocenters. The minimum atomic E-state index is -2.49. The molecule has 1 aromatic carbocycles. The summed E-state index contributed by atoms with van der Waals surface area (Å²) in [6, 6.07) is 2.67. The van der Waals surface area contributed by atoms with Crippen molar-refractivity contribution in [1.29, 1.82) is 0 Å². The van der Waals surface area contributed by atoms with Crippen LogP contribution in [0.1, 0.15) is 18.0 Å². The number of halogens is 5. The van der Waals surface area contributed by atoms with Gasteiger partial charge in [-0.2, -0.15) is 0 Å². The fourth-order valence-electron chi connectivity index (χ4n) is 1.12. The molecule has 0 saturated heterocycles. The molecule has 0 spiro atoms. The van der Waals surface area contributed by atoms with Gasteiger partial charge in [0.25, 0.3) is 0 Å². The summed E-state index contributed by atoms with van der Waals surface area (Å²) in [5.41, 5.74) is 5.80. The number of hydrogen-bond acceptors (Lipinski definition) is 1. The van der Waals surface area contributed by atoms with Gasteiger partial charge in [-0.3, -0.25) is 0 Å². The zero-order chi connectivity index (χ0) is 10.7. The van der Waals surface area contributed by atoms with E-state index in [2.05, 4.69) is 0 Å². The fraction of sp³-hybridized carbons (Fsp3) is 0.333. The number of hydrogen-bond donors (Lipinski definition) is 1. The Balaban J connectivity index is 0.00000196. The minimum absolute atomic E-state index is 0. The van der Waals surface area contributed by atoms with Crippen LogP contribution in [0, 0.1) is 5.82 Å². The van der Waals surface area contributed by atoms with Crippen LogP contribution in [0.2, 0.25) is 5.02 Å². The first-order valence-electron chi connectivity index (χ1n) is 3.99. The third kappa shape index (κ3) is 4.28. The molecular weight excluding hydrogens is 250 g/mol. The normalized spacial score (nSPS) is 12.4. The first-order chi connectivity index (χ1) is 6.50. The quantitative estimate of drug-likeness (QED) is 0.883. The van der Waals surface area contributed by atoms with Gasteiger partial charge in [0.15, 0.2) is 0 Å². The minimum Gasteiger partial charge on any atom is -0.324 e. The first kappa shape index (κ1) is 14.6. The molecule has 0 aliphatic heterocycles. The molecule has 0 heterocycles. The second kappa shape index (κ2) is 6.20. The van der Waals surface area contributed by atoms with Crippen molar-refractivity contribution in [2.45, 2.75) is 18.9 Å². The third-order valence-corrected chi connectivity index (χ3v) is 2.12. The Labute approximate surface area is 96.8 Å². The van der Waals surface area contributed by atoms with Crippen molar-refractivity contribution in [3.8, 4) is 0 Å². The number of nitrogens with two attached hydrogens (primary N) is 1. The monoisotopic (exact) mass is 259 g/mol. The predicted molar refractivity (Wildman–Crippen MR) is 56.2 cm³/mol. The topological polar surface area (TPSA) is 26.0 Å². The Morgan fingerprint density at radius 2 is 1.93 bits per heavy atom. The van der Waals surface area contributed by atoms with Crippen LogP contribution in [0.15, 0.2) is 18.2 Å². The zero-order valence-corrected chi connectivity index (χ0v) is 9.16.